The van der Waals surface area contributed by atoms with Gasteiger partial charge in [-0.3, -0.25) is 4.79 Å². The van der Waals surface area contributed by atoms with Crippen molar-refractivity contribution < 1.29 is 13.6 Å². The molecule has 0 radical (unpaired) electrons. The zero-order valence-corrected chi connectivity index (χ0v) is 7.97. The summed E-state index contributed by atoms with van der Waals surface area (Å²) in [5.41, 5.74) is 5.93. The molecule has 76 valence electrons. The number of benzene rings is 1. The molecule has 0 aliphatic rings. The van der Waals surface area contributed by atoms with Crippen molar-refractivity contribution in [2.45, 2.75) is 20.3 Å². The molecule has 0 atom stereocenters. The maximum absolute atomic E-state index is 12.4. The number of nitrogen functional groups attached to an aromatic ring is 1. The maximum Gasteiger partial charge on any atom is 0.265 e. The van der Waals surface area contributed by atoms with Gasteiger partial charge in [-0.1, -0.05) is 12.1 Å². The number of hydrogen-bond donors (Lipinski definition) is 1. The number of Topliss-reactive ketones (excluding diaryl/α,β-unsaturated/α-hetero) is 1. The van der Waals surface area contributed by atoms with E-state index in [0.29, 0.717) is 5.56 Å². The monoisotopic (exact) mass is 199 g/mol. The molecule has 1 rings (SSSR count). The van der Waals surface area contributed by atoms with Crippen LogP contribution in [0, 0.1) is 6.92 Å². The second-order valence-corrected chi connectivity index (χ2v) is 3.12. The predicted octanol–water partition coefficient (Wildman–Crippen LogP) is 2.72. The summed E-state index contributed by atoms with van der Waals surface area (Å²) >= 11 is 0. The van der Waals surface area contributed by atoms with Crippen LogP contribution in [0.25, 0.3) is 0 Å². The van der Waals surface area contributed by atoms with Crippen LogP contribution in [0.5, 0.6) is 0 Å². The lowest BCUT2D eigenvalue weighted by Crippen LogP contribution is -2.06. The topological polar surface area (TPSA) is 43.1 Å². The molecule has 0 saturated carbocycles. The Bertz CT molecular complexity index is 375. The minimum atomic E-state index is -2.64. The second-order valence-electron chi connectivity index (χ2n) is 3.12. The summed E-state index contributed by atoms with van der Waals surface area (Å²) in [6, 6.07) is 2.73. The van der Waals surface area contributed by atoms with E-state index in [-0.39, 0.29) is 22.6 Å². The number of ketones is 1. The molecular weight excluding hydrogens is 188 g/mol. The van der Waals surface area contributed by atoms with Crippen LogP contribution >= 0.6 is 0 Å². The molecule has 0 aliphatic carbocycles. The Kier molecular flexibility index (Phi) is 2.84. The molecule has 0 saturated heterocycles. The first-order valence-corrected chi connectivity index (χ1v) is 4.13. The van der Waals surface area contributed by atoms with Crippen molar-refractivity contribution in [3.05, 3.63) is 28.8 Å². The Morgan fingerprint density at radius 2 is 2.00 bits per heavy atom. The molecule has 0 unspecified atom stereocenters. The average molecular weight is 199 g/mol. The lowest BCUT2D eigenvalue weighted by molar-refractivity contribution is 0.101. The van der Waals surface area contributed by atoms with Crippen molar-refractivity contribution in [2.24, 2.45) is 0 Å². The number of nitrogens with two attached hydrogens (primary N) is 1. The molecule has 1 aromatic carbocycles. The fourth-order valence-corrected chi connectivity index (χ4v) is 1.40. The predicted molar refractivity (Wildman–Crippen MR) is 50.6 cm³/mol. The third-order valence-electron chi connectivity index (χ3n) is 2.07. The van der Waals surface area contributed by atoms with E-state index >= 15 is 0 Å². The molecule has 0 fully saturated rings. The summed E-state index contributed by atoms with van der Waals surface area (Å²) in [6.07, 6.45) is -2.64. The van der Waals surface area contributed by atoms with E-state index in [1.54, 1.807) is 6.92 Å². The Labute approximate surface area is 80.7 Å². The maximum atomic E-state index is 12.4. The van der Waals surface area contributed by atoms with Crippen LogP contribution in [-0.4, -0.2) is 5.78 Å². The van der Waals surface area contributed by atoms with Crippen LogP contribution in [0.15, 0.2) is 12.1 Å². The van der Waals surface area contributed by atoms with E-state index in [0.717, 1.165) is 0 Å². The standard InChI is InChI=1S/C10H11F2NO/c1-5-3-4-7(10(11)12)9(13)8(5)6(2)14/h3-4,10H,13H2,1-2H3. The molecular formula is C10H11F2NO. The SMILES string of the molecule is CC(=O)c1c(C)ccc(C(F)F)c1N. The number of halogens is 2. The van der Waals surface area contributed by atoms with Crippen LogP contribution < -0.4 is 5.73 Å². The third-order valence-corrected chi connectivity index (χ3v) is 2.07. The van der Waals surface area contributed by atoms with Crippen molar-refractivity contribution in [1.29, 1.82) is 0 Å². The molecule has 0 spiro atoms. The molecule has 2 nitrogen and oxygen atoms in total. The summed E-state index contributed by atoms with van der Waals surface area (Å²) in [6.45, 7) is 2.98. The van der Waals surface area contributed by atoms with Gasteiger partial charge >= 0.3 is 0 Å². The zero-order valence-electron chi connectivity index (χ0n) is 7.97. The van der Waals surface area contributed by atoms with E-state index in [4.69, 9.17) is 5.73 Å². The van der Waals surface area contributed by atoms with Gasteiger partial charge in [-0.05, 0) is 19.4 Å². The largest absolute Gasteiger partial charge is 0.398 e. The van der Waals surface area contributed by atoms with Crippen molar-refractivity contribution in [2.75, 3.05) is 5.73 Å². The second kappa shape index (κ2) is 3.74. The summed E-state index contributed by atoms with van der Waals surface area (Å²) in [4.78, 5) is 11.1. The van der Waals surface area contributed by atoms with E-state index in [1.807, 2.05) is 0 Å². The molecule has 0 amide bonds. The highest BCUT2D eigenvalue weighted by molar-refractivity contribution is 6.01. The molecule has 0 bridgehead atoms. The van der Waals surface area contributed by atoms with Crippen LogP contribution in [0.4, 0.5) is 14.5 Å². The Hall–Kier alpha value is -1.45. The van der Waals surface area contributed by atoms with Crippen molar-refractivity contribution in [3.63, 3.8) is 0 Å². The normalized spacial score (nSPS) is 10.6. The molecule has 0 aromatic heterocycles. The van der Waals surface area contributed by atoms with Gasteiger partial charge < -0.3 is 5.73 Å². The number of aryl methyl sites for hydroxylation is 1. The van der Waals surface area contributed by atoms with E-state index in [2.05, 4.69) is 0 Å². The summed E-state index contributed by atoms with van der Waals surface area (Å²) in [7, 11) is 0. The highest BCUT2D eigenvalue weighted by atomic mass is 19.3. The first kappa shape index (κ1) is 10.6. The van der Waals surface area contributed by atoms with Crippen LogP contribution in [0.2, 0.25) is 0 Å². The van der Waals surface area contributed by atoms with Gasteiger partial charge in [0.2, 0.25) is 0 Å². The Balaban J connectivity index is 3.41. The number of carbonyl (C=O) groups is 1. The van der Waals surface area contributed by atoms with Crippen molar-refractivity contribution in [3.8, 4) is 0 Å². The lowest BCUT2D eigenvalue weighted by atomic mass is 9.99. The minimum Gasteiger partial charge on any atom is -0.398 e. The van der Waals surface area contributed by atoms with Crippen LogP contribution in [0.3, 0.4) is 0 Å². The Morgan fingerprint density at radius 1 is 1.43 bits per heavy atom. The highest BCUT2D eigenvalue weighted by Gasteiger charge is 2.17. The quantitative estimate of drug-likeness (QED) is 0.587. The lowest BCUT2D eigenvalue weighted by Gasteiger charge is -2.10. The molecule has 2 N–H and O–H groups in total. The number of hydrogen-bond acceptors (Lipinski definition) is 2. The first-order valence-electron chi connectivity index (χ1n) is 4.13. The van der Waals surface area contributed by atoms with Crippen LogP contribution in [-0.2, 0) is 0 Å². The number of carbonyl (C=O) groups excluding carboxylic acids is 1. The average Bonchev–Trinajstić information content (AvgIpc) is 2.02. The number of rotatable bonds is 2. The molecule has 4 heteroatoms. The Morgan fingerprint density at radius 3 is 2.43 bits per heavy atom. The van der Waals surface area contributed by atoms with Gasteiger partial charge in [0.05, 0.1) is 5.69 Å². The number of anilines is 1. The third kappa shape index (κ3) is 1.73. The fraction of sp³-hybridized carbons (Fsp3) is 0.300. The van der Waals surface area contributed by atoms with Crippen molar-refractivity contribution in [1.82, 2.24) is 0 Å². The van der Waals surface area contributed by atoms with Gasteiger partial charge in [0.25, 0.3) is 6.43 Å². The van der Waals surface area contributed by atoms with Gasteiger partial charge in [0, 0.05) is 11.1 Å². The molecule has 0 heterocycles. The molecule has 1 aromatic rings. The number of alkyl halides is 2. The van der Waals surface area contributed by atoms with Crippen LogP contribution in [0.1, 0.15) is 34.8 Å². The first-order chi connectivity index (χ1) is 6.45. The van der Waals surface area contributed by atoms with E-state index < -0.39 is 6.43 Å². The highest BCUT2D eigenvalue weighted by Crippen LogP contribution is 2.29. The summed E-state index contributed by atoms with van der Waals surface area (Å²) in [5.74, 6) is -0.289. The van der Waals surface area contributed by atoms with Gasteiger partial charge in [-0.2, -0.15) is 0 Å². The summed E-state index contributed by atoms with van der Waals surface area (Å²) < 4.78 is 24.8. The smallest absolute Gasteiger partial charge is 0.265 e. The van der Waals surface area contributed by atoms with Gasteiger partial charge in [-0.15, -0.1) is 0 Å². The van der Waals surface area contributed by atoms with Crippen molar-refractivity contribution >= 4 is 11.5 Å². The minimum absolute atomic E-state index is 0.104. The summed E-state index contributed by atoms with van der Waals surface area (Å²) in [5, 5.41) is 0. The fourth-order valence-electron chi connectivity index (χ4n) is 1.40. The van der Waals surface area contributed by atoms with E-state index in [1.165, 1.54) is 19.1 Å². The van der Waals surface area contributed by atoms with Gasteiger partial charge in [-0.25, -0.2) is 8.78 Å². The zero-order chi connectivity index (χ0) is 10.9. The van der Waals surface area contributed by atoms with Gasteiger partial charge in [0.1, 0.15) is 0 Å². The molecule has 14 heavy (non-hydrogen) atoms. The molecule has 0 aliphatic heterocycles. The van der Waals surface area contributed by atoms with E-state index in [9.17, 15) is 13.6 Å². The van der Waals surface area contributed by atoms with Gasteiger partial charge in [0.15, 0.2) is 5.78 Å².